The summed E-state index contributed by atoms with van der Waals surface area (Å²) in [6, 6.07) is 6.34. The summed E-state index contributed by atoms with van der Waals surface area (Å²) in [5.74, 6) is 0.0360. The number of nitrogens with one attached hydrogen (secondary N) is 1. The molecule has 0 bridgehead atoms. The molecule has 2 atom stereocenters. The Morgan fingerprint density at radius 3 is 2.90 bits per heavy atom. The second-order valence-electron chi connectivity index (χ2n) is 5.98. The van der Waals surface area contributed by atoms with Gasteiger partial charge in [0.1, 0.15) is 0 Å². The molecule has 1 N–H and O–H groups in total. The van der Waals surface area contributed by atoms with Gasteiger partial charge in [-0.05, 0) is 44.0 Å². The van der Waals surface area contributed by atoms with Crippen LogP contribution in [0.25, 0.3) is 0 Å². The van der Waals surface area contributed by atoms with Crippen molar-refractivity contribution in [2.75, 3.05) is 20.2 Å². The van der Waals surface area contributed by atoms with E-state index < -0.39 is 0 Å². The Bertz CT molecular complexity index is 452. The van der Waals surface area contributed by atoms with Gasteiger partial charge in [0.25, 0.3) is 0 Å². The molecule has 21 heavy (non-hydrogen) atoms. The van der Waals surface area contributed by atoms with Crippen LogP contribution in [0.1, 0.15) is 38.7 Å². The summed E-state index contributed by atoms with van der Waals surface area (Å²) < 4.78 is 18.8. The molecule has 0 saturated carbocycles. The molecule has 1 aromatic rings. The average Bonchev–Trinajstić information content (AvgIpc) is 2.62. The van der Waals surface area contributed by atoms with Crippen LogP contribution in [0.4, 0.5) is 4.39 Å². The van der Waals surface area contributed by atoms with Crippen molar-refractivity contribution in [2.24, 2.45) is 0 Å². The zero-order valence-corrected chi connectivity index (χ0v) is 13.4. The molecule has 3 nitrogen and oxygen atoms in total. The molecule has 0 spiro atoms. The Labute approximate surface area is 127 Å². The van der Waals surface area contributed by atoms with E-state index in [1.54, 1.807) is 12.1 Å². The van der Waals surface area contributed by atoms with Gasteiger partial charge in [0, 0.05) is 25.2 Å². The third-order valence-corrected chi connectivity index (χ3v) is 4.31. The molecule has 1 aliphatic heterocycles. The van der Waals surface area contributed by atoms with Crippen LogP contribution < -0.4 is 10.1 Å². The molecule has 118 valence electrons. The van der Waals surface area contributed by atoms with Crippen LogP contribution in [0, 0.1) is 5.82 Å². The summed E-state index contributed by atoms with van der Waals surface area (Å²) in [5.41, 5.74) is 1.01. The third-order valence-electron chi connectivity index (χ3n) is 4.31. The van der Waals surface area contributed by atoms with Crippen molar-refractivity contribution in [3.8, 4) is 5.75 Å². The molecule has 0 radical (unpaired) electrons. The van der Waals surface area contributed by atoms with E-state index in [9.17, 15) is 4.39 Å². The van der Waals surface area contributed by atoms with Gasteiger partial charge in [0.05, 0.1) is 7.11 Å². The van der Waals surface area contributed by atoms with Crippen LogP contribution >= 0.6 is 0 Å². The summed E-state index contributed by atoms with van der Waals surface area (Å²) in [4.78, 5) is 2.46. The predicted molar refractivity (Wildman–Crippen MR) is 84.1 cm³/mol. The largest absolute Gasteiger partial charge is 0.494 e. The molecule has 0 aromatic heterocycles. The number of halogens is 1. The fourth-order valence-corrected chi connectivity index (χ4v) is 3.01. The maximum atomic E-state index is 13.8. The van der Waals surface area contributed by atoms with E-state index in [0.717, 1.165) is 31.6 Å². The SMILES string of the molecule is CCCC1CN(Cc2ccc(OC)c(F)c2)C(C)CCN1. The number of ether oxygens (including phenoxy) is 1. The van der Waals surface area contributed by atoms with Crippen molar-refractivity contribution < 1.29 is 9.13 Å². The normalized spacial score (nSPS) is 23.8. The smallest absolute Gasteiger partial charge is 0.165 e. The zero-order chi connectivity index (χ0) is 15.2. The summed E-state index contributed by atoms with van der Waals surface area (Å²) in [7, 11) is 1.50. The van der Waals surface area contributed by atoms with Crippen molar-refractivity contribution in [3.05, 3.63) is 29.6 Å². The first kappa shape index (κ1) is 16.2. The van der Waals surface area contributed by atoms with E-state index >= 15 is 0 Å². The number of hydrogen-bond donors (Lipinski definition) is 1. The number of hydrogen-bond acceptors (Lipinski definition) is 3. The topological polar surface area (TPSA) is 24.5 Å². The fourth-order valence-electron chi connectivity index (χ4n) is 3.01. The Balaban J connectivity index is 2.06. The van der Waals surface area contributed by atoms with Crippen LogP contribution in [-0.2, 0) is 6.54 Å². The molecular weight excluding hydrogens is 267 g/mol. The van der Waals surface area contributed by atoms with E-state index in [4.69, 9.17) is 4.74 Å². The van der Waals surface area contributed by atoms with Gasteiger partial charge in [-0.25, -0.2) is 4.39 Å². The molecule has 0 aliphatic carbocycles. The maximum absolute atomic E-state index is 13.8. The first-order chi connectivity index (χ1) is 10.1. The number of nitrogens with zero attached hydrogens (tertiary/aromatic N) is 1. The minimum atomic E-state index is -0.277. The second kappa shape index (κ2) is 7.76. The zero-order valence-electron chi connectivity index (χ0n) is 13.4. The lowest BCUT2D eigenvalue weighted by molar-refractivity contribution is 0.193. The van der Waals surface area contributed by atoms with Gasteiger partial charge in [0.2, 0.25) is 0 Å². The van der Waals surface area contributed by atoms with E-state index in [1.807, 2.05) is 6.07 Å². The minimum Gasteiger partial charge on any atom is -0.494 e. The standard InChI is InChI=1S/C17H27FN2O/c1-4-5-15-12-20(13(2)8-9-19-15)11-14-6-7-17(21-3)16(18)10-14/h6-7,10,13,15,19H,4-5,8-9,11-12H2,1-3H3. The van der Waals surface area contributed by atoms with Crippen LogP contribution in [0.3, 0.4) is 0 Å². The predicted octanol–water partition coefficient (Wildman–Crippen LogP) is 3.19. The highest BCUT2D eigenvalue weighted by Gasteiger charge is 2.22. The summed E-state index contributed by atoms with van der Waals surface area (Å²) in [6.07, 6.45) is 3.52. The third kappa shape index (κ3) is 4.42. The lowest BCUT2D eigenvalue weighted by atomic mass is 10.1. The van der Waals surface area contributed by atoms with Crippen molar-refractivity contribution >= 4 is 0 Å². The highest BCUT2D eigenvalue weighted by Crippen LogP contribution is 2.21. The quantitative estimate of drug-likeness (QED) is 0.902. The van der Waals surface area contributed by atoms with E-state index in [2.05, 4.69) is 24.1 Å². The highest BCUT2D eigenvalue weighted by molar-refractivity contribution is 5.29. The van der Waals surface area contributed by atoms with Gasteiger partial charge >= 0.3 is 0 Å². The minimum absolute atomic E-state index is 0.277. The first-order valence-electron chi connectivity index (χ1n) is 7.94. The van der Waals surface area contributed by atoms with E-state index in [1.165, 1.54) is 20.0 Å². The number of rotatable bonds is 5. The van der Waals surface area contributed by atoms with Crippen molar-refractivity contribution in [2.45, 2.75) is 51.7 Å². The van der Waals surface area contributed by atoms with Crippen molar-refractivity contribution in [3.63, 3.8) is 0 Å². The molecular formula is C17H27FN2O. The Hall–Kier alpha value is -1.13. The Morgan fingerprint density at radius 2 is 2.24 bits per heavy atom. The van der Waals surface area contributed by atoms with Gasteiger partial charge in [-0.15, -0.1) is 0 Å². The Morgan fingerprint density at radius 1 is 1.43 bits per heavy atom. The monoisotopic (exact) mass is 294 g/mol. The van der Waals surface area contributed by atoms with Gasteiger partial charge in [-0.1, -0.05) is 19.4 Å². The van der Waals surface area contributed by atoms with Gasteiger partial charge < -0.3 is 10.1 Å². The van der Waals surface area contributed by atoms with Crippen molar-refractivity contribution in [1.29, 1.82) is 0 Å². The maximum Gasteiger partial charge on any atom is 0.165 e. The highest BCUT2D eigenvalue weighted by atomic mass is 19.1. The van der Waals surface area contributed by atoms with Gasteiger partial charge in [0.15, 0.2) is 11.6 Å². The molecule has 2 unspecified atom stereocenters. The Kier molecular flexibility index (Phi) is 6.00. The molecule has 1 aromatic carbocycles. The second-order valence-corrected chi connectivity index (χ2v) is 5.98. The lowest BCUT2D eigenvalue weighted by Gasteiger charge is -2.29. The van der Waals surface area contributed by atoms with Gasteiger partial charge in [-0.2, -0.15) is 0 Å². The molecule has 2 rings (SSSR count). The molecule has 0 amide bonds. The molecule has 1 aliphatic rings. The summed E-state index contributed by atoms with van der Waals surface area (Å²) in [5, 5.41) is 3.62. The van der Waals surface area contributed by atoms with Crippen molar-refractivity contribution in [1.82, 2.24) is 10.2 Å². The van der Waals surface area contributed by atoms with E-state index in [-0.39, 0.29) is 5.82 Å². The average molecular weight is 294 g/mol. The van der Waals surface area contributed by atoms with Crippen LogP contribution in [0.5, 0.6) is 5.75 Å². The number of benzene rings is 1. The summed E-state index contributed by atoms with van der Waals surface area (Å²) >= 11 is 0. The molecule has 1 heterocycles. The van der Waals surface area contributed by atoms with Crippen LogP contribution in [-0.4, -0.2) is 37.2 Å². The van der Waals surface area contributed by atoms with E-state index in [0.29, 0.717) is 17.8 Å². The number of methoxy groups -OCH3 is 1. The first-order valence-corrected chi connectivity index (χ1v) is 7.94. The summed E-state index contributed by atoms with van der Waals surface area (Å²) in [6.45, 7) is 7.38. The van der Waals surface area contributed by atoms with Crippen LogP contribution in [0.15, 0.2) is 18.2 Å². The molecule has 4 heteroatoms. The van der Waals surface area contributed by atoms with Crippen LogP contribution in [0.2, 0.25) is 0 Å². The fraction of sp³-hybridized carbons (Fsp3) is 0.647. The lowest BCUT2D eigenvalue weighted by Crippen LogP contribution is -2.39. The van der Waals surface area contributed by atoms with Gasteiger partial charge in [-0.3, -0.25) is 4.90 Å². The molecule has 1 fully saturated rings. The molecule has 1 saturated heterocycles.